The number of hydrogen-bond acceptors (Lipinski definition) is 3. The maximum atomic E-state index is 8.85. The van der Waals surface area contributed by atoms with Crippen molar-refractivity contribution in [1.82, 2.24) is 9.80 Å². The molecule has 0 atom stereocenters. The van der Waals surface area contributed by atoms with Gasteiger partial charge in [0, 0.05) is 38.1 Å². The molecule has 0 N–H and O–H groups in total. The van der Waals surface area contributed by atoms with Gasteiger partial charge in [-0.2, -0.15) is 5.26 Å². The molecule has 0 aromatic heterocycles. The first-order valence-corrected chi connectivity index (χ1v) is 6.12. The van der Waals surface area contributed by atoms with Gasteiger partial charge in [0.25, 0.3) is 0 Å². The van der Waals surface area contributed by atoms with E-state index in [2.05, 4.69) is 22.9 Å². The summed E-state index contributed by atoms with van der Waals surface area (Å²) in [4.78, 5) is 5.03. The normalized spacial score (nSPS) is 34.9. The van der Waals surface area contributed by atoms with Crippen molar-refractivity contribution in [3.63, 3.8) is 0 Å². The predicted octanol–water partition coefficient (Wildman–Crippen LogP) is 1.32. The minimum Gasteiger partial charge on any atom is -0.304 e. The van der Waals surface area contributed by atoms with Gasteiger partial charge in [0.05, 0.1) is 6.07 Å². The van der Waals surface area contributed by atoms with E-state index >= 15 is 0 Å². The highest BCUT2D eigenvalue weighted by Crippen LogP contribution is 2.27. The minimum absolute atomic E-state index is 0.341. The lowest BCUT2D eigenvalue weighted by Crippen LogP contribution is -2.49. The zero-order valence-corrected chi connectivity index (χ0v) is 9.65. The summed E-state index contributed by atoms with van der Waals surface area (Å²) in [5.74, 6) is 0.341. The Kier molecular flexibility index (Phi) is 3.61. The monoisotopic (exact) mass is 207 g/mol. The number of rotatable bonds is 1. The Labute approximate surface area is 92.7 Å². The van der Waals surface area contributed by atoms with Crippen molar-refractivity contribution in [3.8, 4) is 6.07 Å². The molecule has 1 heterocycles. The first-order chi connectivity index (χ1) is 7.29. The van der Waals surface area contributed by atoms with Crippen LogP contribution in [0.4, 0.5) is 0 Å². The van der Waals surface area contributed by atoms with Crippen LogP contribution in [0.2, 0.25) is 0 Å². The highest BCUT2D eigenvalue weighted by molar-refractivity contribution is 4.90. The SMILES string of the molecule is CN1CCN(C2CCC(C#N)CC2)CC1. The van der Waals surface area contributed by atoms with Crippen LogP contribution >= 0.6 is 0 Å². The lowest BCUT2D eigenvalue weighted by molar-refractivity contribution is 0.0862. The first-order valence-electron chi connectivity index (χ1n) is 6.12. The number of hydrogen-bond donors (Lipinski definition) is 0. The van der Waals surface area contributed by atoms with Gasteiger partial charge in [0.2, 0.25) is 0 Å². The van der Waals surface area contributed by atoms with E-state index in [0.717, 1.165) is 18.9 Å². The van der Waals surface area contributed by atoms with Gasteiger partial charge in [-0.15, -0.1) is 0 Å². The third-order valence-corrected chi connectivity index (χ3v) is 3.93. The molecule has 0 aromatic rings. The van der Waals surface area contributed by atoms with Gasteiger partial charge in [-0.3, -0.25) is 4.90 Å². The fraction of sp³-hybridized carbons (Fsp3) is 0.917. The molecule has 0 aromatic carbocycles. The molecule has 3 heteroatoms. The van der Waals surface area contributed by atoms with Crippen LogP contribution in [-0.4, -0.2) is 49.1 Å². The van der Waals surface area contributed by atoms with Crippen LogP contribution in [0.3, 0.4) is 0 Å². The average Bonchev–Trinajstić information content (AvgIpc) is 2.30. The van der Waals surface area contributed by atoms with E-state index in [1.807, 2.05) is 0 Å². The molecule has 15 heavy (non-hydrogen) atoms. The van der Waals surface area contributed by atoms with E-state index in [-0.39, 0.29) is 0 Å². The maximum Gasteiger partial charge on any atom is 0.0655 e. The smallest absolute Gasteiger partial charge is 0.0655 e. The van der Waals surface area contributed by atoms with E-state index in [9.17, 15) is 0 Å². The predicted molar refractivity (Wildman–Crippen MR) is 60.4 cm³/mol. The molecular weight excluding hydrogens is 186 g/mol. The summed E-state index contributed by atoms with van der Waals surface area (Å²) in [6.45, 7) is 4.85. The Hall–Kier alpha value is -0.590. The Morgan fingerprint density at radius 2 is 1.60 bits per heavy atom. The third kappa shape index (κ3) is 2.70. The lowest BCUT2D eigenvalue weighted by Gasteiger charge is -2.40. The standard InChI is InChI=1S/C12H21N3/c1-14-6-8-15(9-7-14)12-4-2-11(10-13)3-5-12/h11-12H,2-9H2,1H3. The molecule has 1 aliphatic carbocycles. The van der Waals surface area contributed by atoms with Crippen LogP contribution < -0.4 is 0 Å². The minimum atomic E-state index is 0.341. The van der Waals surface area contributed by atoms with Crippen molar-refractivity contribution in [2.75, 3.05) is 33.2 Å². The van der Waals surface area contributed by atoms with Gasteiger partial charge in [0.1, 0.15) is 0 Å². The zero-order valence-electron chi connectivity index (χ0n) is 9.65. The van der Waals surface area contributed by atoms with Crippen molar-refractivity contribution in [2.45, 2.75) is 31.7 Å². The molecule has 0 bridgehead atoms. The molecule has 1 saturated heterocycles. The van der Waals surface area contributed by atoms with Gasteiger partial charge in [-0.25, -0.2) is 0 Å². The molecule has 2 rings (SSSR count). The van der Waals surface area contributed by atoms with Crippen LogP contribution in [0.25, 0.3) is 0 Å². The molecule has 3 nitrogen and oxygen atoms in total. The van der Waals surface area contributed by atoms with Crippen LogP contribution in [0.15, 0.2) is 0 Å². The molecule has 0 unspecified atom stereocenters. The summed E-state index contributed by atoms with van der Waals surface area (Å²) in [5.41, 5.74) is 0. The van der Waals surface area contributed by atoms with Gasteiger partial charge >= 0.3 is 0 Å². The highest BCUT2D eigenvalue weighted by atomic mass is 15.3. The van der Waals surface area contributed by atoms with Crippen molar-refractivity contribution in [3.05, 3.63) is 0 Å². The number of piperazine rings is 1. The zero-order chi connectivity index (χ0) is 10.7. The van der Waals surface area contributed by atoms with E-state index < -0.39 is 0 Å². The Balaban J connectivity index is 1.78. The van der Waals surface area contributed by atoms with Crippen LogP contribution in [-0.2, 0) is 0 Å². The van der Waals surface area contributed by atoms with Crippen molar-refractivity contribution in [1.29, 1.82) is 5.26 Å². The first kappa shape index (κ1) is 10.9. The van der Waals surface area contributed by atoms with E-state index in [0.29, 0.717) is 5.92 Å². The summed E-state index contributed by atoms with van der Waals surface area (Å²) in [6, 6.07) is 3.17. The van der Waals surface area contributed by atoms with Gasteiger partial charge in [-0.1, -0.05) is 0 Å². The molecule has 0 radical (unpaired) electrons. The fourth-order valence-corrected chi connectivity index (χ4v) is 2.76. The third-order valence-electron chi connectivity index (χ3n) is 3.93. The molecular formula is C12H21N3. The van der Waals surface area contributed by atoms with Crippen molar-refractivity contribution < 1.29 is 0 Å². The maximum absolute atomic E-state index is 8.85. The van der Waals surface area contributed by atoms with Crippen molar-refractivity contribution in [2.24, 2.45) is 5.92 Å². The molecule has 2 aliphatic rings. The van der Waals surface area contributed by atoms with E-state index in [1.54, 1.807) is 0 Å². The number of nitrogens with zero attached hydrogens (tertiary/aromatic N) is 3. The Bertz CT molecular complexity index is 230. The van der Waals surface area contributed by atoms with Crippen LogP contribution in [0.5, 0.6) is 0 Å². The molecule has 0 spiro atoms. The molecule has 1 saturated carbocycles. The summed E-state index contributed by atoms with van der Waals surface area (Å²) in [7, 11) is 2.20. The summed E-state index contributed by atoms with van der Waals surface area (Å²) >= 11 is 0. The lowest BCUT2D eigenvalue weighted by atomic mass is 9.86. The average molecular weight is 207 g/mol. The second kappa shape index (κ2) is 4.96. The quantitative estimate of drug-likeness (QED) is 0.649. The van der Waals surface area contributed by atoms with Gasteiger partial charge in [-0.05, 0) is 32.7 Å². The van der Waals surface area contributed by atoms with Crippen molar-refractivity contribution >= 4 is 0 Å². The molecule has 84 valence electrons. The summed E-state index contributed by atoms with van der Waals surface area (Å²) in [5, 5.41) is 8.85. The number of nitriles is 1. The Morgan fingerprint density at radius 3 is 2.13 bits per heavy atom. The second-order valence-electron chi connectivity index (χ2n) is 4.97. The largest absolute Gasteiger partial charge is 0.304 e. The van der Waals surface area contributed by atoms with Gasteiger partial charge in [0.15, 0.2) is 0 Å². The topological polar surface area (TPSA) is 30.3 Å². The fourth-order valence-electron chi connectivity index (χ4n) is 2.76. The van der Waals surface area contributed by atoms with E-state index in [1.165, 1.54) is 39.0 Å². The molecule has 2 fully saturated rings. The highest BCUT2D eigenvalue weighted by Gasteiger charge is 2.27. The Morgan fingerprint density at radius 1 is 1.00 bits per heavy atom. The summed E-state index contributed by atoms with van der Waals surface area (Å²) in [6.07, 6.45) is 4.71. The molecule has 0 amide bonds. The molecule has 1 aliphatic heterocycles. The second-order valence-corrected chi connectivity index (χ2v) is 4.97. The summed E-state index contributed by atoms with van der Waals surface area (Å²) < 4.78 is 0. The van der Waals surface area contributed by atoms with Crippen LogP contribution in [0.1, 0.15) is 25.7 Å². The van der Waals surface area contributed by atoms with E-state index in [4.69, 9.17) is 5.26 Å². The van der Waals surface area contributed by atoms with Gasteiger partial charge < -0.3 is 4.90 Å². The van der Waals surface area contributed by atoms with Crippen LogP contribution in [0, 0.1) is 17.2 Å². The number of likely N-dealkylation sites (N-methyl/N-ethyl adjacent to an activating group) is 1.